The van der Waals surface area contributed by atoms with Crippen molar-refractivity contribution in [1.29, 1.82) is 0 Å². The van der Waals surface area contributed by atoms with Crippen LogP contribution in [0.25, 0.3) is 73.5 Å². The summed E-state index contributed by atoms with van der Waals surface area (Å²) in [6, 6.07) is 57.0. The molecule has 1 N–H and O–H groups in total. The molecular weight excluding hydrogens is 927 g/mol. The van der Waals surface area contributed by atoms with Crippen LogP contribution in [-0.2, 0) is 6.42 Å². The normalized spacial score (nSPS) is 15.2. The first-order chi connectivity index (χ1) is 36.6. The van der Waals surface area contributed by atoms with Gasteiger partial charge in [0, 0.05) is 42.4 Å². The molecule has 0 bridgehead atoms. The summed E-state index contributed by atoms with van der Waals surface area (Å²) in [5.41, 5.74) is 21.7. The molecule has 0 radical (unpaired) electrons. The highest BCUT2D eigenvalue weighted by Crippen LogP contribution is 2.43. The number of thiophene rings is 1. The highest BCUT2D eigenvalue weighted by atomic mass is 32.1. The molecule has 1 atom stereocenters. The molecule has 7 aromatic carbocycles. The van der Waals surface area contributed by atoms with Gasteiger partial charge < -0.3 is 5.32 Å². The summed E-state index contributed by atoms with van der Waals surface area (Å²) in [5.74, 6) is 0.686. The van der Waals surface area contributed by atoms with Crippen LogP contribution >= 0.6 is 11.3 Å². The molecule has 1 aromatic heterocycles. The van der Waals surface area contributed by atoms with Crippen molar-refractivity contribution in [3.8, 4) is 33.4 Å². The molecule has 0 saturated carbocycles. The largest absolute Gasteiger partial charge is 0.346 e. The minimum Gasteiger partial charge on any atom is -0.346 e. The summed E-state index contributed by atoms with van der Waals surface area (Å²) >= 11 is 1.74. The van der Waals surface area contributed by atoms with Crippen molar-refractivity contribution in [2.24, 2.45) is 4.99 Å². The first-order valence-corrected chi connectivity index (χ1v) is 27.4. The average molecular weight is 998 g/mol. The number of benzene rings is 7. The van der Waals surface area contributed by atoms with Crippen LogP contribution in [0.15, 0.2) is 218 Å². The molecule has 0 spiro atoms. The molecule has 0 amide bonds. The Morgan fingerprint density at radius 1 is 0.720 bits per heavy atom. The van der Waals surface area contributed by atoms with Gasteiger partial charge in [-0.05, 0) is 136 Å². The van der Waals surface area contributed by atoms with Crippen LogP contribution < -0.4 is 15.1 Å². The summed E-state index contributed by atoms with van der Waals surface area (Å²) in [5, 5.41) is 6.29. The monoisotopic (exact) mass is 998 g/mol. The highest BCUT2D eigenvalue weighted by molar-refractivity contribution is 7.17. The Labute approximate surface area is 451 Å². The Morgan fingerprint density at radius 3 is 2.13 bits per heavy atom. The van der Waals surface area contributed by atoms with Crippen molar-refractivity contribution in [3.63, 3.8) is 0 Å². The maximum Gasteiger partial charge on any atom is 0.146 e. The van der Waals surface area contributed by atoms with Crippen LogP contribution in [0.2, 0.25) is 0 Å². The Balaban J connectivity index is 0.00000182. The van der Waals surface area contributed by atoms with Crippen molar-refractivity contribution >= 4 is 57.1 Å². The second-order valence-electron chi connectivity index (χ2n) is 18.5. The average Bonchev–Trinajstić information content (AvgIpc) is 4.00. The van der Waals surface area contributed by atoms with Crippen molar-refractivity contribution in [2.45, 2.75) is 80.8 Å². The molecule has 10 rings (SSSR count). The number of rotatable bonds is 12. The second kappa shape index (κ2) is 24.3. The molecule has 2 aliphatic rings. The molecule has 1 unspecified atom stereocenters. The third-order valence-electron chi connectivity index (χ3n) is 14.0. The van der Waals surface area contributed by atoms with Crippen LogP contribution in [0.3, 0.4) is 0 Å². The van der Waals surface area contributed by atoms with E-state index in [1.165, 1.54) is 54.6 Å². The van der Waals surface area contributed by atoms with E-state index < -0.39 is 6.17 Å². The summed E-state index contributed by atoms with van der Waals surface area (Å²) in [4.78, 5) is 7.76. The molecule has 1 aliphatic carbocycles. The number of nitrogens with zero attached hydrogens (tertiary/aromatic N) is 2. The number of fused-ring (bicyclic) bond motifs is 5. The van der Waals surface area contributed by atoms with E-state index >= 15 is 0 Å². The standard InChI is InChI=1S/C67H59N3S.2C2H6/c1-9-22-60-46(7)71-64-38-43(4)37-63(65(60)64)55-32-21-30-52(40-55)51-29-20-31-53(39-51)58(11-3)66-48(10-2)27-19-28-50-25-15-17-33-59(50)45(6)70(66)47(8)69-67(68-44(5)49-23-13-12-14-24-49)56-35-36-62-57(42-56)41-54-26-16-18-34-61(54)62;2*1-2/h9,11-26,28-40,42,67,69H,1,6-8,10,27,41H2,2-5H3;2*1-2H3/b28-19-,58-11-,60-22+,66-48-,68-44+;;. The fourth-order valence-corrected chi connectivity index (χ4v) is 11.6. The SMILES string of the molecule is C=C/C=c1\c(=C)sc2cc(C)cc(-c3cccc(-c4cccc(C(=C/C)/C5=C(\CC)C/C=C\c6ccccc6C(=C)N5C(=C)NC(/N=C(\C)c5ccccc5)c5ccc6c(c5)Cc5ccccc5-6)c4)c3)c12.CC.CC. The lowest BCUT2D eigenvalue weighted by Crippen LogP contribution is -2.33. The van der Waals surface area contributed by atoms with Crippen LogP contribution in [0.4, 0.5) is 0 Å². The number of aryl methyl sites for hydroxylation is 1. The predicted molar refractivity (Wildman–Crippen MR) is 330 cm³/mol. The zero-order valence-electron chi connectivity index (χ0n) is 45.2. The summed E-state index contributed by atoms with van der Waals surface area (Å²) in [6.07, 6.45) is 12.7. The van der Waals surface area contributed by atoms with E-state index in [2.05, 4.69) is 227 Å². The number of nitrogens with one attached hydrogen (secondary N) is 1. The summed E-state index contributed by atoms with van der Waals surface area (Å²) < 4.78 is 2.29. The number of hydrogen-bond acceptors (Lipinski definition) is 4. The molecule has 376 valence electrons. The molecule has 2 heterocycles. The first kappa shape index (κ1) is 53.2. The van der Waals surface area contributed by atoms with Crippen LogP contribution in [0, 0.1) is 6.92 Å². The van der Waals surface area contributed by atoms with Crippen LogP contribution in [0.5, 0.6) is 0 Å². The summed E-state index contributed by atoms with van der Waals surface area (Å²) in [7, 11) is 0. The van der Waals surface area contributed by atoms with E-state index in [4.69, 9.17) is 18.2 Å². The number of allylic oxidation sites excluding steroid dienone is 5. The van der Waals surface area contributed by atoms with Gasteiger partial charge >= 0.3 is 0 Å². The van der Waals surface area contributed by atoms with E-state index in [-0.39, 0.29) is 0 Å². The Kier molecular flexibility index (Phi) is 17.3. The van der Waals surface area contributed by atoms with Gasteiger partial charge in [0.25, 0.3) is 0 Å². The van der Waals surface area contributed by atoms with Crippen molar-refractivity contribution in [2.75, 3.05) is 0 Å². The molecule has 1 aliphatic heterocycles. The van der Waals surface area contributed by atoms with E-state index in [0.29, 0.717) is 5.82 Å². The van der Waals surface area contributed by atoms with E-state index in [0.717, 1.165) is 90.6 Å². The Bertz CT molecular complexity index is 3670. The van der Waals surface area contributed by atoms with Gasteiger partial charge in [0.1, 0.15) is 12.0 Å². The van der Waals surface area contributed by atoms with E-state index in [1.54, 1.807) is 11.3 Å². The van der Waals surface area contributed by atoms with Gasteiger partial charge in [-0.1, -0.05) is 231 Å². The van der Waals surface area contributed by atoms with Gasteiger partial charge in [-0.3, -0.25) is 9.89 Å². The topological polar surface area (TPSA) is 27.6 Å². The molecular formula is C71H71N3S. The third-order valence-corrected chi connectivity index (χ3v) is 15.0. The highest BCUT2D eigenvalue weighted by Gasteiger charge is 2.29. The lowest BCUT2D eigenvalue weighted by Gasteiger charge is -2.36. The van der Waals surface area contributed by atoms with Crippen molar-refractivity contribution < 1.29 is 0 Å². The molecule has 75 heavy (non-hydrogen) atoms. The molecule has 0 saturated heterocycles. The van der Waals surface area contributed by atoms with Crippen LogP contribution in [-0.4, -0.2) is 10.6 Å². The molecule has 3 nitrogen and oxygen atoms in total. The first-order valence-electron chi connectivity index (χ1n) is 26.6. The number of hydrogen-bond donors (Lipinski definition) is 1. The third kappa shape index (κ3) is 11.1. The molecule has 0 fully saturated rings. The maximum absolute atomic E-state index is 5.49. The maximum atomic E-state index is 5.49. The van der Waals surface area contributed by atoms with Gasteiger partial charge in [0.05, 0.1) is 5.70 Å². The van der Waals surface area contributed by atoms with Crippen LogP contribution in [0.1, 0.15) is 112 Å². The Morgan fingerprint density at radius 2 is 1.39 bits per heavy atom. The zero-order chi connectivity index (χ0) is 53.2. The minimum atomic E-state index is -0.462. The van der Waals surface area contributed by atoms with Gasteiger partial charge in [-0.25, -0.2) is 0 Å². The van der Waals surface area contributed by atoms with Gasteiger partial charge in [-0.15, -0.1) is 11.3 Å². The van der Waals surface area contributed by atoms with Gasteiger partial charge in [0.15, 0.2) is 0 Å². The predicted octanol–water partition coefficient (Wildman–Crippen LogP) is 18.3. The van der Waals surface area contributed by atoms with E-state index in [1.807, 2.05) is 39.8 Å². The fourth-order valence-electron chi connectivity index (χ4n) is 10.5. The lowest BCUT2D eigenvalue weighted by molar-refractivity contribution is 0.494. The molecule has 8 aromatic rings. The van der Waals surface area contributed by atoms with Gasteiger partial charge in [-0.2, -0.15) is 0 Å². The quantitative estimate of drug-likeness (QED) is 0.124. The second-order valence-corrected chi connectivity index (χ2v) is 19.6. The fraction of sp³-hybridized carbons (Fsp3) is 0.169. The smallest absolute Gasteiger partial charge is 0.146 e. The van der Waals surface area contributed by atoms with Crippen molar-refractivity contribution in [1.82, 2.24) is 10.2 Å². The molecule has 4 heteroatoms. The van der Waals surface area contributed by atoms with Gasteiger partial charge in [0.2, 0.25) is 0 Å². The minimum absolute atomic E-state index is 0.462. The van der Waals surface area contributed by atoms with Crippen molar-refractivity contribution in [3.05, 3.63) is 267 Å². The number of aliphatic imine (C=N–C) groups is 1. The zero-order valence-corrected chi connectivity index (χ0v) is 46.0. The van der Waals surface area contributed by atoms with E-state index in [9.17, 15) is 0 Å². The summed E-state index contributed by atoms with van der Waals surface area (Å²) in [6.45, 7) is 35.0. The lowest BCUT2D eigenvalue weighted by atomic mass is 9.91. The Hall–Kier alpha value is -8.05.